The molecule has 0 aliphatic heterocycles. The maximum atomic E-state index is 2.73. The van der Waals surface area contributed by atoms with Crippen LogP contribution in [0.5, 0.6) is 0 Å². The second-order valence-electron chi connectivity index (χ2n) is 5.37. The van der Waals surface area contributed by atoms with Crippen molar-refractivity contribution < 1.29 is 0 Å². The maximum absolute atomic E-state index is 2.73. The van der Waals surface area contributed by atoms with Crippen LogP contribution in [0.25, 0.3) is 0 Å². The zero-order chi connectivity index (χ0) is 13.6. The molecule has 0 aliphatic rings. The van der Waals surface area contributed by atoms with Crippen molar-refractivity contribution in [3.63, 3.8) is 0 Å². The number of rotatable bonds is 12. The van der Waals surface area contributed by atoms with E-state index in [1.165, 1.54) is 64.5 Å². The fraction of sp³-hybridized carbons (Fsp3) is 0.875. The Kier molecular flexibility index (Phi) is 13.3. The Morgan fingerprint density at radius 3 is 1.72 bits per heavy atom. The van der Waals surface area contributed by atoms with Gasteiger partial charge >= 0.3 is 0 Å². The van der Waals surface area contributed by atoms with Crippen molar-refractivity contribution in [3.05, 3.63) is 11.3 Å². The van der Waals surface area contributed by atoms with Crippen LogP contribution in [0.3, 0.4) is 0 Å². The summed E-state index contributed by atoms with van der Waals surface area (Å²) in [5, 5.41) is 0. The van der Waals surface area contributed by atoms with Gasteiger partial charge in [-0.05, 0) is 51.6 Å². The minimum absolute atomic E-state index is 0.129. The first-order valence-electron chi connectivity index (χ1n) is 8.18. The average Bonchev–Trinajstić information content (AvgIpc) is 2.38. The smallest absolute Gasteiger partial charge is 0.119 e. The summed E-state index contributed by atoms with van der Waals surface area (Å²) in [4.78, 5) is 0. The van der Waals surface area contributed by atoms with E-state index in [-0.39, 0.29) is 9.68 Å². The lowest BCUT2D eigenvalue weighted by atomic mass is 10.1. The van der Waals surface area contributed by atoms with Crippen LogP contribution in [-0.2, 0) is 0 Å². The monoisotopic (exact) mass is 269 g/mol. The molecule has 0 spiro atoms. The molecule has 0 rings (SSSR count). The van der Waals surface area contributed by atoms with E-state index in [4.69, 9.17) is 0 Å². The van der Waals surface area contributed by atoms with Gasteiger partial charge in [-0.3, -0.25) is 0 Å². The van der Waals surface area contributed by atoms with E-state index in [2.05, 4.69) is 38.0 Å². The second-order valence-corrected chi connectivity index (χ2v) is 7.04. The average molecular weight is 270 g/mol. The van der Waals surface area contributed by atoms with E-state index in [1.807, 2.05) is 0 Å². The van der Waals surface area contributed by atoms with Gasteiger partial charge in [-0.1, -0.05) is 51.8 Å². The molecule has 0 heterocycles. The van der Waals surface area contributed by atoms with E-state index in [0.29, 0.717) is 0 Å². The van der Waals surface area contributed by atoms with Gasteiger partial charge in [-0.15, -0.1) is 0 Å². The Morgan fingerprint density at radius 1 is 0.833 bits per heavy atom. The van der Waals surface area contributed by atoms with Gasteiger partial charge < -0.3 is 4.57 Å². The Balaban J connectivity index is 4.21. The molecule has 0 aromatic heterocycles. The Morgan fingerprint density at radius 2 is 1.33 bits per heavy atom. The molecule has 1 nitrogen and oxygen atoms in total. The van der Waals surface area contributed by atoms with Gasteiger partial charge in [0.15, 0.2) is 0 Å². The predicted octanol–water partition coefficient (Wildman–Crippen LogP) is 4.46. The fourth-order valence-corrected chi connectivity index (χ4v) is 4.24. The Labute approximate surface area is 118 Å². The second kappa shape index (κ2) is 13.4. The summed E-state index contributed by atoms with van der Waals surface area (Å²) in [5.41, 5.74) is 4.43. The summed E-state index contributed by atoms with van der Waals surface area (Å²) in [6.07, 6.45) is 10.7. The first-order valence-corrected chi connectivity index (χ1v) is 9.63. The van der Waals surface area contributed by atoms with E-state index < -0.39 is 0 Å². The van der Waals surface area contributed by atoms with Crippen LogP contribution in [0.2, 0.25) is 0 Å². The van der Waals surface area contributed by atoms with E-state index in [1.54, 1.807) is 5.57 Å². The van der Waals surface area contributed by atoms with Gasteiger partial charge in [-0.25, -0.2) is 0 Å². The van der Waals surface area contributed by atoms with Crippen LogP contribution < -0.4 is 0 Å². The topological polar surface area (TPSA) is 3.24 Å². The third-order valence-electron chi connectivity index (χ3n) is 3.42. The van der Waals surface area contributed by atoms with Crippen LogP contribution in [0, 0.1) is 0 Å². The van der Waals surface area contributed by atoms with Crippen molar-refractivity contribution in [2.75, 3.05) is 13.1 Å². The van der Waals surface area contributed by atoms with Crippen LogP contribution in [0.1, 0.15) is 79.1 Å². The van der Waals surface area contributed by atoms with Gasteiger partial charge in [0, 0.05) is 0 Å². The van der Waals surface area contributed by atoms with Crippen molar-refractivity contribution in [2.24, 2.45) is 0 Å². The molecular weight excluding hydrogens is 234 g/mol. The zero-order valence-electron chi connectivity index (χ0n) is 13.3. The number of hydrogen-bond donors (Lipinski definition) is 0. The summed E-state index contributed by atoms with van der Waals surface area (Å²) < 4.78 is 2.73. The highest BCUT2D eigenvalue weighted by Crippen LogP contribution is 2.14. The van der Waals surface area contributed by atoms with Gasteiger partial charge in [0.05, 0.1) is 0 Å². The quantitative estimate of drug-likeness (QED) is 0.473. The molecule has 0 radical (unpaired) electrons. The SMILES string of the molecule is CCCCC(=C[SiH2]N(CCC)CCC)CCCC. The lowest BCUT2D eigenvalue weighted by Crippen LogP contribution is -2.28. The standard InChI is InChI=1S/C16H35NSi/c1-5-9-11-16(12-10-6-2)15-18-17(13-7-3)14-8-4/h15H,5-14,18H2,1-4H3. The van der Waals surface area contributed by atoms with Crippen molar-refractivity contribution in [3.8, 4) is 0 Å². The molecule has 0 bridgehead atoms. The number of unbranched alkanes of at least 4 members (excludes halogenated alkanes) is 2. The molecule has 0 unspecified atom stereocenters. The minimum atomic E-state index is -0.129. The lowest BCUT2D eigenvalue weighted by Gasteiger charge is -2.19. The molecule has 0 N–H and O–H groups in total. The van der Waals surface area contributed by atoms with Gasteiger partial charge in [0.1, 0.15) is 9.68 Å². The number of nitrogens with zero attached hydrogens (tertiary/aromatic N) is 1. The summed E-state index contributed by atoms with van der Waals surface area (Å²) >= 11 is 0. The van der Waals surface area contributed by atoms with Gasteiger partial charge in [-0.2, -0.15) is 0 Å². The molecule has 0 saturated carbocycles. The predicted molar refractivity (Wildman–Crippen MR) is 87.8 cm³/mol. The molecule has 0 fully saturated rings. The van der Waals surface area contributed by atoms with Crippen molar-refractivity contribution in [1.82, 2.24) is 4.57 Å². The third kappa shape index (κ3) is 9.90. The maximum Gasteiger partial charge on any atom is 0.119 e. The van der Waals surface area contributed by atoms with Crippen LogP contribution in [0.4, 0.5) is 0 Å². The van der Waals surface area contributed by atoms with Crippen LogP contribution in [-0.4, -0.2) is 27.3 Å². The highest BCUT2D eigenvalue weighted by atomic mass is 28.2. The van der Waals surface area contributed by atoms with Gasteiger partial charge in [0.25, 0.3) is 0 Å². The zero-order valence-corrected chi connectivity index (χ0v) is 14.7. The number of hydrogen-bond acceptors (Lipinski definition) is 1. The first kappa shape index (κ1) is 17.9. The highest BCUT2D eigenvalue weighted by Gasteiger charge is 2.02. The number of allylic oxidation sites excluding steroid dienone is 1. The minimum Gasteiger partial charge on any atom is -0.325 e. The molecule has 2 heteroatoms. The molecule has 0 aromatic rings. The normalized spacial score (nSPS) is 11.6. The lowest BCUT2D eigenvalue weighted by molar-refractivity contribution is 0.444. The van der Waals surface area contributed by atoms with E-state index >= 15 is 0 Å². The van der Waals surface area contributed by atoms with Crippen LogP contribution >= 0.6 is 0 Å². The summed E-state index contributed by atoms with van der Waals surface area (Å²) in [6, 6.07) is 0. The summed E-state index contributed by atoms with van der Waals surface area (Å²) in [5.74, 6) is 0. The van der Waals surface area contributed by atoms with Crippen molar-refractivity contribution in [2.45, 2.75) is 79.1 Å². The van der Waals surface area contributed by atoms with Gasteiger partial charge in [0.2, 0.25) is 0 Å². The van der Waals surface area contributed by atoms with Crippen molar-refractivity contribution in [1.29, 1.82) is 0 Å². The van der Waals surface area contributed by atoms with Crippen LogP contribution in [0.15, 0.2) is 11.3 Å². The molecule has 0 amide bonds. The molecule has 0 atom stereocenters. The largest absolute Gasteiger partial charge is 0.325 e. The molecule has 0 saturated heterocycles. The molecule has 0 aromatic carbocycles. The molecular formula is C16H35NSi. The first-order chi connectivity index (χ1) is 8.78. The molecule has 18 heavy (non-hydrogen) atoms. The Hall–Kier alpha value is -0.0831. The van der Waals surface area contributed by atoms with Crippen molar-refractivity contribution >= 4 is 9.68 Å². The van der Waals surface area contributed by atoms with E-state index in [0.717, 1.165) is 0 Å². The Bertz CT molecular complexity index is 185. The van der Waals surface area contributed by atoms with E-state index in [9.17, 15) is 0 Å². The third-order valence-corrected chi connectivity index (χ3v) is 5.33. The summed E-state index contributed by atoms with van der Waals surface area (Å²) in [7, 11) is -0.129. The summed E-state index contributed by atoms with van der Waals surface area (Å²) in [6.45, 7) is 11.8. The molecule has 0 aliphatic carbocycles. The fourth-order valence-electron chi connectivity index (χ4n) is 2.32. The molecule has 108 valence electrons. The highest BCUT2D eigenvalue weighted by molar-refractivity contribution is 6.39.